The Morgan fingerprint density at radius 2 is 1.79 bits per heavy atom. The highest BCUT2D eigenvalue weighted by molar-refractivity contribution is 6.42. The second kappa shape index (κ2) is 6.47. The third-order valence-corrected chi connectivity index (χ3v) is 3.99. The molecule has 0 fully saturated rings. The monoisotopic (exact) mass is 361 g/mol. The fourth-order valence-corrected chi connectivity index (χ4v) is 2.35. The number of aliphatic imine (C=N–C) groups is 1. The number of carboxylic acid groups (broad SMARTS) is 1. The van der Waals surface area contributed by atoms with Crippen molar-refractivity contribution in [3.8, 4) is 0 Å². The summed E-state index contributed by atoms with van der Waals surface area (Å²) in [6.07, 6.45) is 1.53. The van der Waals surface area contributed by atoms with Gasteiger partial charge >= 0.3 is 11.9 Å². The van der Waals surface area contributed by atoms with Crippen LogP contribution < -0.4 is 0 Å². The summed E-state index contributed by atoms with van der Waals surface area (Å²) in [5, 5.41) is 9.67. The average Bonchev–Trinajstić information content (AvgIpc) is 2.92. The molecule has 0 atom stereocenters. The molecule has 2 aromatic rings. The van der Waals surface area contributed by atoms with Crippen molar-refractivity contribution in [3.05, 3.63) is 74.9 Å². The topological polar surface area (TPSA) is 76.0 Å². The van der Waals surface area contributed by atoms with Crippen molar-refractivity contribution >= 4 is 47.1 Å². The summed E-state index contributed by atoms with van der Waals surface area (Å²) in [6.45, 7) is 0. The van der Waals surface area contributed by atoms with E-state index in [1.807, 2.05) is 0 Å². The molecule has 5 nitrogen and oxygen atoms in total. The van der Waals surface area contributed by atoms with Crippen LogP contribution in [0.25, 0.3) is 6.08 Å². The zero-order chi connectivity index (χ0) is 17.3. The van der Waals surface area contributed by atoms with E-state index in [-0.39, 0.29) is 17.2 Å². The highest BCUT2D eigenvalue weighted by Crippen LogP contribution is 2.25. The van der Waals surface area contributed by atoms with Gasteiger partial charge in [0.2, 0.25) is 5.90 Å². The van der Waals surface area contributed by atoms with Crippen LogP contribution in [0.5, 0.6) is 0 Å². The first-order valence-corrected chi connectivity index (χ1v) is 7.51. The Morgan fingerprint density at radius 1 is 1.08 bits per heavy atom. The van der Waals surface area contributed by atoms with Gasteiger partial charge in [-0.05, 0) is 48.0 Å². The molecule has 1 N–H and O–H groups in total. The van der Waals surface area contributed by atoms with E-state index in [9.17, 15) is 9.59 Å². The van der Waals surface area contributed by atoms with E-state index in [2.05, 4.69) is 4.99 Å². The van der Waals surface area contributed by atoms with Crippen LogP contribution in [-0.4, -0.2) is 22.9 Å². The summed E-state index contributed by atoms with van der Waals surface area (Å²) in [5.74, 6) is -1.52. The van der Waals surface area contributed by atoms with Gasteiger partial charge in [-0.2, -0.15) is 0 Å². The molecular formula is C17H9Cl2NO4. The number of cyclic esters (lactones) is 1. The van der Waals surface area contributed by atoms with Crippen LogP contribution in [0.15, 0.2) is 53.2 Å². The number of esters is 1. The van der Waals surface area contributed by atoms with Crippen LogP contribution in [0.1, 0.15) is 21.5 Å². The molecule has 1 aliphatic heterocycles. The van der Waals surface area contributed by atoms with Gasteiger partial charge in [0.05, 0.1) is 15.6 Å². The van der Waals surface area contributed by atoms with Crippen LogP contribution in [0.3, 0.4) is 0 Å². The summed E-state index contributed by atoms with van der Waals surface area (Å²) >= 11 is 11.8. The number of halogens is 2. The number of hydrogen-bond acceptors (Lipinski definition) is 4. The lowest BCUT2D eigenvalue weighted by Crippen LogP contribution is -2.06. The third-order valence-electron chi connectivity index (χ3n) is 3.25. The van der Waals surface area contributed by atoms with Gasteiger partial charge in [-0.25, -0.2) is 14.6 Å². The Kier molecular flexibility index (Phi) is 4.38. The lowest BCUT2D eigenvalue weighted by atomic mass is 10.1. The third kappa shape index (κ3) is 3.32. The molecule has 0 aliphatic carbocycles. The maximum atomic E-state index is 11.9. The first-order chi connectivity index (χ1) is 11.4. The van der Waals surface area contributed by atoms with Crippen molar-refractivity contribution in [2.45, 2.75) is 0 Å². The number of rotatable bonds is 3. The molecule has 0 saturated carbocycles. The van der Waals surface area contributed by atoms with E-state index in [4.69, 9.17) is 33.0 Å². The van der Waals surface area contributed by atoms with Gasteiger partial charge in [-0.3, -0.25) is 0 Å². The summed E-state index contributed by atoms with van der Waals surface area (Å²) in [4.78, 5) is 26.9. The second-order valence-electron chi connectivity index (χ2n) is 4.89. The van der Waals surface area contributed by atoms with Gasteiger partial charge in [-0.15, -0.1) is 0 Å². The van der Waals surface area contributed by atoms with Gasteiger partial charge in [0.25, 0.3) is 0 Å². The van der Waals surface area contributed by atoms with Crippen molar-refractivity contribution in [1.82, 2.24) is 0 Å². The number of hydrogen-bond donors (Lipinski definition) is 1. The van der Waals surface area contributed by atoms with Crippen molar-refractivity contribution in [1.29, 1.82) is 0 Å². The molecule has 0 aromatic heterocycles. The minimum atomic E-state index is -1.04. The lowest BCUT2D eigenvalue weighted by molar-refractivity contribution is -0.129. The number of carboxylic acids is 1. The Hall–Kier alpha value is -2.63. The van der Waals surface area contributed by atoms with Crippen molar-refractivity contribution in [2.75, 3.05) is 0 Å². The van der Waals surface area contributed by atoms with E-state index in [0.717, 1.165) is 0 Å². The summed E-state index contributed by atoms with van der Waals surface area (Å²) in [7, 11) is 0. The summed E-state index contributed by atoms with van der Waals surface area (Å²) in [5.41, 5.74) is 1.41. The molecule has 1 heterocycles. The van der Waals surface area contributed by atoms with Gasteiger partial charge < -0.3 is 9.84 Å². The Morgan fingerprint density at radius 3 is 2.42 bits per heavy atom. The van der Waals surface area contributed by atoms with E-state index in [1.165, 1.54) is 30.3 Å². The molecule has 0 radical (unpaired) electrons. The van der Waals surface area contributed by atoms with E-state index in [1.54, 1.807) is 18.2 Å². The Bertz CT molecular complexity index is 901. The van der Waals surface area contributed by atoms with Crippen molar-refractivity contribution in [2.24, 2.45) is 4.99 Å². The number of carbonyl (C=O) groups excluding carboxylic acids is 1. The highest BCUT2D eigenvalue weighted by Gasteiger charge is 2.24. The molecule has 0 saturated heterocycles. The number of carbonyl (C=O) groups is 2. The summed E-state index contributed by atoms with van der Waals surface area (Å²) in [6, 6.07) is 10.8. The molecule has 0 amide bonds. The smallest absolute Gasteiger partial charge is 0.363 e. The highest BCUT2D eigenvalue weighted by atomic mass is 35.5. The van der Waals surface area contributed by atoms with E-state index in [0.29, 0.717) is 21.2 Å². The average molecular weight is 362 g/mol. The lowest BCUT2D eigenvalue weighted by Gasteiger charge is -1.99. The Balaban J connectivity index is 1.90. The summed E-state index contributed by atoms with van der Waals surface area (Å²) < 4.78 is 5.12. The molecule has 1 aliphatic rings. The van der Waals surface area contributed by atoms with E-state index >= 15 is 0 Å². The van der Waals surface area contributed by atoms with Crippen LogP contribution in [0.2, 0.25) is 10.0 Å². The van der Waals surface area contributed by atoms with Crippen LogP contribution >= 0.6 is 23.2 Å². The van der Waals surface area contributed by atoms with Gasteiger partial charge in [0.15, 0.2) is 5.70 Å². The molecule has 0 bridgehead atoms. The normalized spacial score (nSPS) is 15.3. The SMILES string of the molecule is O=C1OC(c2ccc(C(=O)O)cc2)=N/C1=C\c1ccc(Cl)c(Cl)c1. The maximum Gasteiger partial charge on any atom is 0.363 e. The standard InChI is InChI=1S/C17H9Cl2NO4/c18-12-6-1-9(7-13(12)19)8-14-17(23)24-15(20-14)10-2-4-11(5-3-10)16(21)22/h1-8H,(H,21,22)/b14-8-. The molecule has 0 unspecified atom stereocenters. The molecule has 3 rings (SSSR count). The zero-order valence-electron chi connectivity index (χ0n) is 12.0. The van der Waals surface area contributed by atoms with Crippen LogP contribution in [0.4, 0.5) is 0 Å². The largest absolute Gasteiger partial charge is 0.478 e. The van der Waals surface area contributed by atoms with Crippen molar-refractivity contribution in [3.63, 3.8) is 0 Å². The first-order valence-electron chi connectivity index (χ1n) is 6.75. The molecule has 7 heteroatoms. The molecule has 0 spiro atoms. The minimum absolute atomic E-state index is 0.114. The second-order valence-corrected chi connectivity index (χ2v) is 5.71. The number of ether oxygens (including phenoxy) is 1. The quantitative estimate of drug-likeness (QED) is 0.661. The molecule has 24 heavy (non-hydrogen) atoms. The number of nitrogens with zero attached hydrogens (tertiary/aromatic N) is 1. The minimum Gasteiger partial charge on any atom is -0.478 e. The number of benzene rings is 2. The van der Waals surface area contributed by atoms with Crippen molar-refractivity contribution < 1.29 is 19.4 Å². The zero-order valence-corrected chi connectivity index (χ0v) is 13.5. The van der Waals surface area contributed by atoms with Gasteiger partial charge in [-0.1, -0.05) is 29.3 Å². The molecule has 120 valence electrons. The maximum absolute atomic E-state index is 11.9. The van der Waals surface area contributed by atoms with Gasteiger partial charge in [0.1, 0.15) is 0 Å². The van der Waals surface area contributed by atoms with Crippen LogP contribution in [-0.2, 0) is 9.53 Å². The molecule has 2 aromatic carbocycles. The van der Waals surface area contributed by atoms with Gasteiger partial charge in [0, 0.05) is 5.56 Å². The van der Waals surface area contributed by atoms with E-state index < -0.39 is 11.9 Å². The van der Waals surface area contributed by atoms with Crippen LogP contribution in [0, 0.1) is 0 Å². The molecular weight excluding hydrogens is 353 g/mol. The fraction of sp³-hybridized carbons (Fsp3) is 0. The predicted molar refractivity (Wildman–Crippen MR) is 90.5 cm³/mol. The Labute approximate surface area is 146 Å². The number of aromatic carboxylic acids is 1. The first kappa shape index (κ1) is 16.2. The predicted octanol–water partition coefficient (Wildman–Crippen LogP) is 4.04. The fourth-order valence-electron chi connectivity index (χ4n) is 2.05.